The van der Waals surface area contributed by atoms with Crippen LogP contribution in [-0.4, -0.2) is 0 Å². The van der Waals surface area contributed by atoms with Crippen LogP contribution in [0.25, 0.3) is 44.2 Å². The summed E-state index contributed by atoms with van der Waals surface area (Å²) in [5.74, 6) is 0. The van der Waals surface area contributed by atoms with Crippen molar-refractivity contribution in [2.24, 2.45) is 0 Å². The molecule has 0 radical (unpaired) electrons. The van der Waals surface area contributed by atoms with Crippen molar-refractivity contribution in [3.05, 3.63) is 202 Å². The molecule has 3 aliphatic rings. The van der Waals surface area contributed by atoms with E-state index < -0.39 is 0 Å². The van der Waals surface area contributed by atoms with Gasteiger partial charge in [-0.2, -0.15) is 0 Å². The molecule has 0 spiro atoms. The Bertz CT molecular complexity index is 2710. The van der Waals surface area contributed by atoms with Crippen LogP contribution < -0.4 is 4.90 Å². The summed E-state index contributed by atoms with van der Waals surface area (Å²) in [6.07, 6.45) is 9.57. The lowest BCUT2D eigenvalue weighted by Crippen LogP contribution is -2.25. The van der Waals surface area contributed by atoms with Gasteiger partial charge in [0.2, 0.25) is 0 Å². The van der Waals surface area contributed by atoms with Gasteiger partial charge < -0.3 is 4.90 Å². The third-order valence-electron chi connectivity index (χ3n) is 12.1. The highest BCUT2D eigenvalue weighted by Gasteiger charge is 2.38. The smallest absolute Gasteiger partial charge is 0.0543 e. The van der Waals surface area contributed by atoms with Crippen LogP contribution >= 0.6 is 0 Å². The molecule has 0 fully saturated rings. The molecule has 0 aliphatic heterocycles. The number of benzene rings is 6. The first-order chi connectivity index (χ1) is 26.2. The number of anilines is 2. The third kappa shape index (κ3) is 5.16. The minimum atomic E-state index is -0.200. The third-order valence-corrected chi connectivity index (χ3v) is 12.1. The average molecular weight is 696 g/mol. The molecule has 1 nitrogen and oxygen atoms in total. The van der Waals surface area contributed by atoms with E-state index in [-0.39, 0.29) is 10.8 Å². The van der Waals surface area contributed by atoms with Gasteiger partial charge in [0.05, 0.1) is 11.4 Å². The van der Waals surface area contributed by atoms with Crippen LogP contribution in [0.2, 0.25) is 0 Å². The van der Waals surface area contributed by atoms with E-state index in [1.807, 2.05) is 6.08 Å². The lowest BCUT2D eigenvalue weighted by Gasteiger charge is -2.39. The van der Waals surface area contributed by atoms with Crippen molar-refractivity contribution in [2.45, 2.75) is 58.8 Å². The number of rotatable bonds is 7. The molecular formula is C53H45N. The fraction of sp³-hybridized carbons (Fsp3) is 0.170. The van der Waals surface area contributed by atoms with Gasteiger partial charge in [-0.15, -0.1) is 0 Å². The first-order valence-corrected chi connectivity index (χ1v) is 19.3. The zero-order valence-corrected chi connectivity index (χ0v) is 32.1. The highest BCUT2D eigenvalue weighted by molar-refractivity contribution is 6.10. The molecule has 0 bridgehead atoms. The number of hydrogen-bond donors (Lipinski definition) is 0. The molecule has 54 heavy (non-hydrogen) atoms. The fourth-order valence-corrected chi connectivity index (χ4v) is 9.38. The van der Waals surface area contributed by atoms with E-state index in [1.165, 1.54) is 77.8 Å². The van der Waals surface area contributed by atoms with Gasteiger partial charge in [-0.3, -0.25) is 0 Å². The summed E-state index contributed by atoms with van der Waals surface area (Å²) in [6, 6.07) is 47.2. The molecule has 0 unspecified atom stereocenters. The Morgan fingerprint density at radius 2 is 1.39 bits per heavy atom. The van der Waals surface area contributed by atoms with E-state index in [4.69, 9.17) is 0 Å². The highest BCUT2D eigenvalue weighted by Crippen LogP contribution is 2.55. The summed E-state index contributed by atoms with van der Waals surface area (Å²) < 4.78 is 0. The van der Waals surface area contributed by atoms with E-state index in [0.717, 1.165) is 23.2 Å². The van der Waals surface area contributed by atoms with Crippen LogP contribution in [0.3, 0.4) is 0 Å². The minimum absolute atomic E-state index is 0.133. The number of nitrogens with zero attached hydrogens (tertiary/aromatic N) is 1. The molecule has 0 saturated carbocycles. The van der Waals surface area contributed by atoms with Crippen LogP contribution in [0.4, 0.5) is 11.4 Å². The maximum atomic E-state index is 3.43. The average Bonchev–Trinajstić information content (AvgIpc) is 3.42. The molecule has 9 rings (SSSR count). The van der Waals surface area contributed by atoms with E-state index in [2.05, 4.69) is 204 Å². The first-order valence-electron chi connectivity index (χ1n) is 19.3. The normalized spacial score (nSPS) is 16.0. The second-order valence-corrected chi connectivity index (χ2v) is 15.9. The van der Waals surface area contributed by atoms with Gasteiger partial charge in [-0.05, 0) is 111 Å². The predicted octanol–water partition coefficient (Wildman–Crippen LogP) is 14.3. The Labute approximate surface area is 320 Å². The molecule has 3 aliphatic carbocycles. The van der Waals surface area contributed by atoms with Crippen molar-refractivity contribution in [2.75, 3.05) is 4.90 Å². The molecule has 1 heteroatoms. The topological polar surface area (TPSA) is 3.24 Å². The predicted molar refractivity (Wildman–Crippen MR) is 230 cm³/mol. The number of allylic oxidation sites excluding steroid dienone is 8. The molecule has 6 aromatic carbocycles. The quantitative estimate of drug-likeness (QED) is 0.150. The summed E-state index contributed by atoms with van der Waals surface area (Å²) in [7, 11) is 0. The van der Waals surface area contributed by atoms with E-state index in [9.17, 15) is 0 Å². The molecule has 0 N–H and O–H groups in total. The highest BCUT2D eigenvalue weighted by atomic mass is 15.2. The number of para-hydroxylation sites is 1. The lowest BCUT2D eigenvalue weighted by atomic mass is 9.67. The molecule has 0 saturated heterocycles. The van der Waals surface area contributed by atoms with Gasteiger partial charge in [-0.1, -0.05) is 161 Å². The van der Waals surface area contributed by atoms with Crippen molar-refractivity contribution in [1.29, 1.82) is 0 Å². The van der Waals surface area contributed by atoms with Gasteiger partial charge >= 0.3 is 0 Å². The Balaban J connectivity index is 1.36. The summed E-state index contributed by atoms with van der Waals surface area (Å²) in [4.78, 5) is 2.52. The van der Waals surface area contributed by atoms with Crippen molar-refractivity contribution in [1.82, 2.24) is 0 Å². The minimum Gasteiger partial charge on any atom is -0.313 e. The second-order valence-electron chi connectivity index (χ2n) is 15.9. The van der Waals surface area contributed by atoms with E-state index >= 15 is 0 Å². The summed E-state index contributed by atoms with van der Waals surface area (Å²) in [5, 5.41) is 2.60. The van der Waals surface area contributed by atoms with Gasteiger partial charge in [0.15, 0.2) is 0 Å². The number of hydrogen-bond acceptors (Lipinski definition) is 1. The summed E-state index contributed by atoms with van der Waals surface area (Å²) in [5.41, 5.74) is 25.3. The zero-order valence-electron chi connectivity index (χ0n) is 32.1. The molecule has 0 heterocycles. The standard InChI is InChI=1S/C53H45N/c1-7-40-42-25-14-16-26-44(42)52(3,4)46(40)33-35(2)54(48-28-17-15-24-41(48)37-21-12-9-13-22-37)49-32-30-38-23-18-27-45-50(38)51(49)43-31-29-39(34-47(43)53(45,5)6)36-19-10-8-11-20-36/h8-12,14-21,23-34H,7H2,1-6H3/b35-33+. The van der Waals surface area contributed by atoms with Crippen LogP contribution in [0.5, 0.6) is 0 Å². The lowest BCUT2D eigenvalue weighted by molar-refractivity contribution is 0.645. The fourth-order valence-electron chi connectivity index (χ4n) is 9.38. The Hall–Kier alpha value is -6.10. The molecule has 0 atom stereocenters. The zero-order chi connectivity index (χ0) is 37.2. The Kier molecular flexibility index (Phi) is 7.99. The molecule has 0 aromatic heterocycles. The number of fused-ring (bicyclic) bond motifs is 3. The monoisotopic (exact) mass is 695 g/mol. The van der Waals surface area contributed by atoms with E-state index in [1.54, 1.807) is 0 Å². The van der Waals surface area contributed by atoms with Gasteiger partial charge in [0, 0.05) is 33.2 Å². The van der Waals surface area contributed by atoms with Crippen LogP contribution in [0.1, 0.15) is 75.8 Å². The largest absolute Gasteiger partial charge is 0.313 e. The van der Waals surface area contributed by atoms with Crippen LogP contribution in [0, 0.1) is 0 Å². The van der Waals surface area contributed by atoms with Crippen LogP contribution in [-0.2, 0) is 10.8 Å². The van der Waals surface area contributed by atoms with Crippen molar-refractivity contribution in [3.63, 3.8) is 0 Å². The maximum Gasteiger partial charge on any atom is 0.0543 e. The van der Waals surface area contributed by atoms with Gasteiger partial charge in [0.1, 0.15) is 0 Å². The first kappa shape index (κ1) is 33.7. The molecular weight excluding hydrogens is 651 g/mol. The van der Waals surface area contributed by atoms with Gasteiger partial charge in [-0.25, -0.2) is 0 Å². The molecule has 6 aromatic rings. The molecule has 262 valence electrons. The molecule has 0 amide bonds. The van der Waals surface area contributed by atoms with Crippen molar-refractivity contribution in [3.8, 4) is 22.3 Å². The summed E-state index contributed by atoms with van der Waals surface area (Å²) in [6.45, 7) is 14.1. The van der Waals surface area contributed by atoms with Crippen LogP contribution in [0.15, 0.2) is 174 Å². The van der Waals surface area contributed by atoms with Crippen molar-refractivity contribution >= 4 is 33.3 Å². The second kappa shape index (κ2) is 12.8. The van der Waals surface area contributed by atoms with Gasteiger partial charge in [0.25, 0.3) is 0 Å². The Morgan fingerprint density at radius 3 is 2.17 bits per heavy atom. The van der Waals surface area contributed by atoms with E-state index in [0.29, 0.717) is 0 Å². The summed E-state index contributed by atoms with van der Waals surface area (Å²) >= 11 is 0. The maximum absolute atomic E-state index is 3.43. The SMILES string of the molecule is CCC1=C(/C=C(\C)N(c2ccccc2C2=C=C=CC=C2)c2ccc3cccc4c3c2-c2ccc(-c3ccccc3)cc2C4(C)C)C(C)(C)c2ccccc21. The Morgan fingerprint density at radius 1 is 0.648 bits per heavy atom. The van der Waals surface area contributed by atoms with Crippen molar-refractivity contribution < 1.29 is 0 Å².